The Balaban J connectivity index is 2.21. The van der Waals surface area contributed by atoms with Gasteiger partial charge in [0.1, 0.15) is 6.04 Å². The number of rotatable bonds is 10. The fraction of sp³-hybridized carbons (Fsp3) is 0.348. The molecule has 2 aromatic rings. The Kier molecular flexibility index (Phi) is 9.83. The van der Waals surface area contributed by atoms with E-state index in [9.17, 15) is 19.7 Å². The monoisotopic (exact) mass is 507 g/mol. The maximum absolute atomic E-state index is 12.8. The van der Waals surface area contributed by atoms with E-state index in [0.717, 1.165) is 5.69 Å². The minimum Gasteiger partial charge on any atom is -0.372 e. The summed E-state index contributed by atoms with van der Waals surface area (Å²) in [5, 5.41) is 18.4. The van der Waals surface area contributed by atoms with Gasteiger partial charge in [0.25, 0.3) is 17.5 Å². The van der Waals surface area contributed by atoms with Crippen molar-refractivity contribution >= 4 is 52.6 Å². The van der Waals surface area contributed by atoms with Gasteiger partial charge in [-0.1, -0.05) is 37.0 Å². The number of hydrazone groups is 1. The maximum Gasteiger partial charge on any atom is 0.270 e. The normalized spacial score (nSPS) is 12.0. The van der Waals surface area contributed by atoms with E-state index in [0.29, 0.717) is 23.7 Å². The zero-order valence-corrected chi connectivity index (χ0v) is 20.9. The molecule has 182 valence electrons. The highest BCUT2D eigenvalue weighted by Gasteiger charge is 2.25. The van der Waals surface area contributed by atoms with Gasteiger partial charge in [-0.2, -0.15) is 5.10 Å². The van der Waals surface area contributed by atoms with Gasteiger partial charge in [-0.25, -0.2) is 5.43 Å². The summed E-state index contributed by atoms with van der Waals surface area (Å²) in [5.74, 6) is -1.32. The van der Waals surface area contributed by atoms with Crippen molar-refractivity contribution in [3.8, 4) is 0 Å². The van der Waals surface area contributed by atoms with Crippen LogP contribution in [0.1, 0.15) is 43.6 Å². The molecule has 0 fully saturated rings. The van der Waals surface area contributed by atoms with E-state index < -0.39 is 22.8 Å². The lowest BCUT2D eigenvalue weighted by atomic mass is 10.0. The minimum atomic E-state index is -0.899. The Labute approximate surface area is 208 Å². The number of carbonyl (C=O) groups excluding carboxylic acids is 2. The minimum absolute atomic E-state index is 0.0872. The summed E-state index contributed by atoms with van der Waals surface area (Å²) >= 11 is 12.0. The number of nitrogens with zero attached hydrogens (tertiary/aromatic N) is 3. The van der Waals surface area contributed by atoms with Gasteiger partial charge in [0.2, 0.25) is 0 Å². The van der Waals surface area contributed by atoms with Gasteiger partial charge in [-0.15, -0.1) is 0 Å². The second kappa shape index (κ2) is 12.3. The Bertz CT molecular complexity index is 1090. The van der Waals surface area contributed by atoms with Gasteiger partial charge < -0.3 is 10.2 Å². The average molecular weight is 508 g/mol. The van der Waals surface area contributed by atoms with E-state index >= 15 is 0 Å². The van der Waals surface area contributed by atoms with Crippen LogP contribution in [-0.4, -0.2) is 42.1 Å². The number of nitro benzene ring substituents is 1. The molecule has 0 saturated carbocycles. The molecular formula is C23H27Cl2N5O4. The van der Waals surface area contributed by atoms with Crippen molar-refractivity contribution in [3.63, 3.8) is 0 Å². The van der Waals surface area contributed by atoms with E-state index in [-0.39, 0.29) is 22.2 Å². The van der Waals surface area contributed by atoms with Crippen molar-refractivity contribution in [2.24, 2.45) is 11.0 Å². The van der Waals surface area contributed by atoms with Crippen LogP contribution < -0.4 is 15.6 Å². The summed E-state index contributed by atoms with van der Waals surface area (Å²) in [5.41, 5.74) is 3.75. The molecule has 0 radical (unpaired) electrons. The number of nitro groups is 1. The molecule has 2 amide bonds. The van der Waals surface area contributed by atoms with E-state index in [1.807, 2.05) is 18.7 Å². The van der Waals surface area contributed by atoms with Crippen LogP contribution in [0.2, 0.25) is 10.0 Å². The van der Waals surface area contributed by atoms with Crippen molar-refractivity contribution in [2.75, 3.05) is 18.0 Å². The van der Waals surface area contributed by atoms with Crippen LogP contribution >= 0.6 is 23.2 Å². The highest BCUT2D eigenvalue weighted by Crippen LogP contribution is 2.24. The molecular weight excluding hydrogens is 481 g/mol. The molecule has 1 atom stereocenters. The Morgan fingerprint density at radius 2 is 1.82 bits per heavy atom. The molecule has 11 heteroatoms. The number of amides is 2. The average Bonchev–Trinajstić information content (AvgIpc) is 2.78. The predicted octanol–water partition coefficient (Wildman–Crippen LogP) is 4.65. The van der Waals surface area contributed by atoms with Gasteiger partial charge in [0.05, 0.1) is 21.7 Å². The zero-order valence-electron chi connectivity index (χ0n) is 19.3. The van der Waals surface area contributed by atoms with Crippen LogP contribution in [0.15, 0.2) is 41.5 Å². The van der Waals surface area contributed by atoms with Crippen molar-refractivity contribution in [2.45, 2.75) is 33.7 Å². The van der Waals surface area contributed by atoms with Gasteiger partial charge in [-0.05, 0) is 44.0 Å². The fourth-order valence-corrected chi connectivity index (χ4v) is 3.77. The predicted molar refractivity (Wildman–Crippen MR) is 135 cm³/mol. The first-order valence-electron chi connectivity index (χ1n) is 10.7. The van der Waals surface area contributed by atoms with Crippen LogP contribution in [0.25, 0.3) is 0 Å². The molecule has 0 aromatic heterocycles. The smallest absolute Gasteiger partial charge is 0.270 e. The Morgan fingerprint density at radius 1 is 1.15 bits per heavy atom. The number of carbonyl (C=O) groups is 2. The standard InChI is InChI=1S/C23H27Cl2N5O4/c1-5-29(6-2)20-10-8-17(30(33)34)11-15(20)13-26-28-23(32)21(14(3)4)27-22(31)18-9-7-16(24)12-19(18)25/h7-14,21H,5-6H2,1-4H3,(H,27,31)(H,28,32)/b26-13+. The molecule has 0 aliphatic carbocycles. The summed E-state index contributed by atoms with van der Waals surface area (Å²) in [4.78, 5) is 38.2. The van der Waals surface area contributed by atoms with Gasteiger partial charge >= 0.3 is 0 Å². The Morgan fingerprint density at radius 3 is 2.38 bits per heavy atom. The van der Waals surface area contributed by atoms with E-state index in [4.69, 9.17) is 23.2 Å². The SMILES string of the molecule is CCN(CC)c1ccc([N+](=O)[O-])cc1/C=N/NC(=O)C(NC(=O)c1ccc(Cl)cc1Cl)C(C)C. The third-order valence-corrected chi connectivity index (χ3v) is 5.66. The number of anilines is 1. The summed E-state index contributed by atoms with van der Waals surface area (Å²) in [7, 11) is 0. The maximum atomic E-state index is 12.8. The summed E-state index contributed by atoms with van der Waals surface area (Å²) in [6.45, 7) is 8.87. The molecule has 9 nitrogen and oxygen atoms in total. The number of halogens is 2. The number of nitrogens with one attached hydrogen (secondary N) is 2. The number of hydrogen-bond acceptors (Lipinski definition) is 6. The molecule has 0 spiro atoms. The topological polar surface area (TPSA) is 117 Å². The van der Waals surface area contributed by atoms with Crippen molar-refractivity contribution < 1.29 is 14.5 Å². The summed E-state index contributed by atoms with van der Waals surface area (Å²) in [6, 6.07) is 8.03. The number of benzene rings is 2. The lowest BCUT2D eigenvalue weighted by Gasteiger charge is -2.23. The molecule has 34 heavy (non-hydrogen) atoms. The first-order chi connectivity index (χ1) is 16.1. The lowest BCUT2D eigenvalue weighted by Crippen LogP contribution is -2.48. The van der Waals surface area contributed by atoms with E-state index in [2.05, 4.69) is 15.8 Å². The highest BCUT2D eigenvalue weighted by atomic mass is 35.5. The molecule has 2 rings (SSSR count). The molecule has 0 aliphatic rings. The first-order valence-corrected chi connectivity index (χ1v) is 11.5. The largest absolute Gasteiger partial charge is 0.372 e. The highest BCUT2D eigenvalue weighted by molar-refractivity contribution is 6.36. The van der Waals surface area contributed by atoms with Crippen LogP contribution in [-0.2, 0) is 4.79 Å². The van der Waals surface area contributed by atoms with Crippen molar-refractivity contribution in [1.29, 1.82) is 0 Å². The number of non-ortho nitro benzene ring substituents is 1. The lowest BCUT2D eigenvalue weighted by molar-refractivity contribution is -0.384. The van der Waals surface area contributed by atoms with Crippen LogP contribution in [0.5, 0.6) is 0 Å². The first kappa shape index (κ1) is 27.1. The third kappa shape index (κ3) is 6.91. The third-order valence-electron chi connectivity index (χ3n) is 5.12. The van der Waals surface area contributed by atoms with Gasteiger partial charge in [0.15, 0.2) is 0 Å². The Hall–Kier alpha value is -3.17. The quantitative estimate of drug-likeness (QED) is 0.275. The zero-order chi connectivity index (χ0) is 25.4. The summed E-state index contributed by atoms with van der Waals surface area (Å²) in [6.07, 6.45) is 1.35. The fourth-order valence-electron chi connectivity index (χ4n) is 3.27. The van der Waals surface area contributed by atoms with E-state index in [1.165, 1.54) is 36.5 Å². The second-order valence-electron chi connectivity index (χ2n) is 7.73. The second-order valence-corrected chi connectivity index (χ2v) is 8.57. The van der Waals surface area contributed by atoms with Gasteiger partial charge in [-0.3, -0.25) is 19.7 Å². The molecule has 2 N–H and O–H groups in total. The molecule has 0 saturated heterocycles. The molecule has 0 bridgehead atoms. The molecule has 0 heterocycles. The van der Waals surface area contributed by atoms with Gasteiger partial charge in [0, 0.05) is 41.5 Å². The molecule has 1 unspecified atom stereocenters. The summed E-state index contributed by atoms with van der Waals surface area (Å²) < 4.78 is 0. The van der Waals surface area contributed by atoms with Crippen molar-refractivity contribution in [1.82, 2.24) is 10.7 Å². The molecule has 2 aromatic carbocycles. The van der Waals surface area contributed by atoms with Crippen LogP contribution in [0.4, 0.5) is 11.4 Å². The molecule has 0 aliphatic heterocycles. The van der Waals surface area contributed by atoms with E-state index in [1.54, 1.807) is 19.9 Å². The van der Waals surface area contributed by atoms with Crippen molar-refractivity contribution in [3.05, 3.63) is 67.7 Å². The van der Waals surface area contributed by atoms with Crippen LogP contribution in [0, 0.1) is 16.0 Å². The van der Waals surface area contributed by atoms with Crippen LogP contribution in [0.3, 0.4) is 0 Å². The number of hydrogen-bond donors (Lipinski definition) is 2.